The molecule has 0 fully saturated rings. The largest absolute Gasteiger partial charge is 0.453 e. The number of nitrogens with zero attached hydrogens (tertiary/aromatic N) is 1. The predicted molar refractivity (Wildman–Crippen MR) is 79.7 cm³/mol. The molecule has 0 atom stereocenters. The summed E-state index contributed by atoms with van der Waals surface area (Å²) >= 11 is 0. The maximum absolute atomic E-state index is 11.2. The van der Waals surface area contributed by atoms with Crippen LogP contribution in [0, 0.1) is 0 Å². The molecule has 0 aliphatic heterocycles. The number of nitrogen functional groups attached to an aromatic ring is 1. The highest BCUT2D eigenvalue weighted by atomic mass is 16.5. The van der Waals surface area contributed by atoms with Crippen LogP contribution in [-0.2, 0) is 4.74 Å². The summed E-state index contributed by atoms with van der Waals surface area (Å²) in [6, 6.07) is 13.2. The highest BCUT2D eigenvalue weighted by Gasteiger charge is 2.04. The molecule has 0 saturated heterocycles. The second-order valence-corrected chi connectivity index (χ2v) is 4.46. The number of pyridine rings is 1. The zero-order valence-electron chi connectivity index (χ0n) is 10.9. The topological polar surface area (TPSA) is 77.2 Å². The third-order valence-corrected chi connectivity index (χ3v) is 3.07. The van der Waals surface area contributed by atoms with Gasteiger partial charge in [-0.3, -0.25) is 5.32 Å². The number of anilines is 2. The Morgan fingerprint density at radius 1 is 1.10 bits per heavy atom. The Labute approximate surface area is 115 Å². The van der Waals surface area contributed by atoms with E-state index in [0.717, 1.165) is 21.8 Å². The lowest BCUT2D eigenvalue weighted by Gasteiger charge is -2.06. The van der Waals surface area contributed by atoms with E-state index >= 15 is 0 Å². The third kappa shape index (κ3) is 2.21. The molecule has 3 aromatic rings. The van der Waals surface area contributed by atoms with Crippen molar-refractivity contribution in [3.63, 3.8) is 0 Å². The van der Waals surface area contributed by atoms with Crippen LogP contribution in [0.4, 0.5) is 16.2 Å². The van der Waals surface area contributed by atoms with Gasteiger partial charge in [0.2, 0.25) is 0 Å². The van der Waals surface area contributed by atoms with Gasteiger partial charge in [0.25, 0.3) is 0 Å². The van der Waals surface area contributed by atoms with Crippen molar-refractivity contribution in [2.45, 2.75) is 0 Å². The molecule has 1 heterocycles. The summed E-state index contributed by atoms with van der Waals surface area (Å²) in [5.74, 6) is 0. The lowest BCUT2D eigenvalue weighted by atomic mass is 10.1. The van der Waals surface area contributed by atoms with Gasteiger partial charge in [-0.2, -0.15) is 0 Å². The van der Waals surface area contributed by atoms with Crippen LogP contribution < -0.4 is 11.1 Å². The summed E-state index contributed by atoms with van der Waals surface area (Å²) in [5, 5.41) is 4.64. The number of hydrogen-bond acceptors (Lipinski definition) is 4. The molecule has 5 nitrogen and oxygen atoms in total. The molecular weight excluding hydrogens is 254 g/mol. The molecule has 5 heteroatoms. The van der Waals surface area contributed by atoms with E-state index < -0.39 is 6.09 Å². The molecule has 100 valence electrons. The summed E-state index contributed by atoms with van der Waals surface area (Å²) in [6.45, 7) is 0. The molecule has 0 aliphatic rings. The standard InChI is InChI=1S/C15H13N3O2/c1-20-15(19)17-12-5-3-10-6-9-2-4-11(16)7-13(9)18-14(10)8-12/h2-8H,16H2,1H3,(H,17,19). The first-order valence-electron chi connectivity index (χ1n) is 6.11. The Balaban J connectivity index is 2.12. The molecule has 0 unspecified atom stereocenters. The van der Waals surface area contributed by atoms with Gasteiger partial charge in [0.05, 0.1) is 18.1 Å². The molecular formula is C15H13N3O2. The first-order chi connectivity index (χ1) is 9.65. The van der Waals surface area contributed by atoms with Crippen LogP contribution in [0.3, 0.4) is 0 Å². The number of benzene rings is 2. The number of methoxy groups -OCH3 is 1. The number of carbonyl (C=O) groups is 1. The lowest BCUT2D eigenvalue weighted by molar-refractivity contribution is 0.187. The molecule has 20 heavy (non-hydrogen) atoms. The van der Waals surface area contributed by atoms with Gasteiger partial charge in [-0.1, -0.05) is 12.1 Å². The molecule has 0 saturated carbocycles. The van der Waals surface area contributed by atoms with Gasteiger partial charge < -0.3 is 10.5 Å². The minimum Gasteiger partial charge on any atom is -0.453 e. The molecule has 0 bridgehead atoms. The Morgan fingerprint density at radius 3 is 2.55 bits per heavy atom. The van der Waals surface area contributed by atoms with Crippen LogP contribution in [0.15, 0.2) is 42.5 Å². The summed E-state index contributed by atoms with van der Waals surface area (Å²) < 4.78 is 4.57. The summed E-state index contributed by atoms with van der Waals surface area (Å²) in [7, 11) is 1.32. The molecule has 0 spiro atoms. The lowest BCUT2D eigenvalue weighted by Crippen LogP contribution is -2.10. The maximum atomic E-state index is 11.2. The van der Waals surface area contributed by atoms with Crippen molar-refractivity contribution in [3.05, 3.63) is 42.5 Å². The molecule has 0 radical (unpaired) electrons. The van der Waals surface area contributed by atoms with E-state index in [4.69, 9.17) is 5.73 Å². The minimum absolute atomic E-state index is 0.505. The SMILES string of the molecule is COC(=O)Nc1ccc2cc3ccc(N)cc3nc2c1. The number of fused-ring (bicyclic) bond motifs is 2. The second kappa shape index (κ2) is 4.70. The van der Waals surface area contributed by atoms with Crippen LogP contribution in [0.5, 0.6) is 0 Å². The third-order valence-electron chi connectivity index (χ3n) is 3.07. The van der Waals surface area contributed by atoms with E-state index in [1.165, 1.54) is 7.11 Å². The number of aromatic nitrogens is 1. The average Bonchev–Trinajstić information content (AvgIpc) is 2.45. The summed E-state index contributed by atoms with van der Waals surface area (Å²) in [5.41, 5.74) is 8.70. The van der Waals surface area contributed by atoms with E-state index in [9.17, 15) is 4.79 Å². The maximum Gasteiger partial charge on any atom is 0.411 e. The zero-order valence-corrected chi connectivity index (χ0v) is 10.9. The first-order valence-corrected chi connectivity index (χ1v) is 6.11. The van der Waals surface area contributed by atoms with Gasteiger partial charge in [0.15, 0.2) is 0 Å². The summed E-state index contributed by atoms with van der Waals surface area (Å²) in [4.78, 5) is 15.8. The van der Waals surface area contributed by atoms with Gasteiger partial charge in [-0.15, -0.1) is 0 Å². The van der Waals surface area contributed by atoms with E-state index in [1.807, 2.05) is 36.4 Å². The normalized spacial score (nSPS) is 10.7. The van der Waals surface area contributed by atoms with Crippen molar-refractivity contribution < 1.29 is 9.53 Å². The average molecular weight is 267 g/mol. The molecule has 2 aromatic carbocycles. The van der Waals surface area contributed by atoms with Crippen molar-refractivity contribution in [1.29, 1.82) is 0 Å². The zero-order chi connectivity index (χ0) is 14.1. The fraction of sp³-hybridized carbons (Fsp3) is 0.0667. The number of amides is 1. The van der Waals surface area contributed by atoms with E-state index in [2.05, 4.69) is 15.0 Å². The number of nitrogens with two attached hydrogens (primary N) is 1. The van der Waals surface area contributed by atoms with Crippen LogP contribution in [-0.4, -0.2) is 18.2 Å². The van der Waals surface area contributed by atoms with Crippen molar-refractivity contribution in [1.82, 2.24) is 4.98 Å². The highest BCUT2D eigenvalue weighted by molar-refractivity contribution is 5.96. The number of carbonyl (C=O) groups excluding carboxylic acids is 1. The smallest absolute Gasteiger partial charge is 0.411 e. The number of rotatable bonds is 1. The Hall–Kier alpha value is -2.82. The van der Waals surface area contributed by atoms with E-state index in [0.29, 0.717) is 11.4 Å². The van der Waals surface area contributed by atoms with Crippen molar-refractivity contribution in [3.8, 4) is 0 Å². The van der Waals surface area contributed by atoms with Crippen LogP contribution in [0.25, 0.3) is 21.8 Å². The molecule has 3 N–H and O–H groups in total. The van der Waals surface area contributed by atoms with Gasteiger partial charge in [-0.25, -0.2) is 9.78 Å². The Bertz CT molecular complexity index is 815. The number of nitrogens with one attached hydrogen (secondary N) is 1. The van der Waals surface area contributed by atoms with Crippen molar-refractivity contribution >= 4 is 39.3 Å². The predicted octanol–water partition coefficient (Wildman–Crippen LogP) is 3.15. The monoisotopic (exact) mass is 267 g/mol. The number of ether oxygens (including phenoxy) is 1. The molecule has 1 aromatic heterocycles. The quantitative estimate of drug-likeness (QED) is 0.524. The van der Waals surface area contributed by atoms with Crippen LogP contribution in [0.1, 0.15) is 0 Å². The second-order valence-electron chi connectivity index (χ2n) is 4.46. The van der Waals surface area contributed by atoms with Crippen LogP contribution >= 0.6 is 0 Å². The minimum atomic E-state index is -0.505. The first kappa shape index (κ1) is 12.2. The molecule has 0 aliphatic carbocycles. The van der Waals surface area contributed by atoms with Gasteiger partial charge in [0.1, 0.15) is 0 Å². The highest BCUT2D eigenvalue weighted by Crippen LogP contribution is 2.23. The fourth-order valence-electron chi connectivity index (χ4n) is 2.09. The fourth-order valence-corrected chi connectivity index (χ4v) is 2.09. The molecule has 1 amide bonds. The van der Waals surface area contributed by atoms with Gasteiger partial charge in [-0.05, 0) is 30.3 Å². The van der Waals surface area contributed by atoms with Crippen molar-refractivity contribution in [2.24, 2.45) is 0 Å². The van der Waals surface area contributed by atoms with Gasteiger partial charge in [0, 0.05) is 22.1 Å². The summed E-state index contributed by atoms with van der Waals surface area (Å²) in [6.07, 6.45) is -0.505. The van der Waals surface area contributed by atoms with Crippen molar-refractivity contribution in [2.75, 3.05) is 18.2 Å². The Kier molecular flexibility index (Phi) is 2.87. The van der Waals surface area contributed by atoms with Crippen LogP contribution in [0.2, 0.25) is 0 Å². The van der Waals surface area contributed by atoms with E-state index in [1.54, 1.807) is 6.07 Å². The number of hydrogen-bond donors (Lipinski definition) is 2. The van der Waals surface area contributed by atoms with Gasteiger partial charge >= 0.3 is 6.09 Å². The van der Waals surface area contributed by atoms with E-state index in [-0.39, 0.29) is 0 Å². The molecule has 3 rings (SSSR count). The Morgan fingerprint density at radius 2 is 1.80 bits per heavy atom.